The van der Waals surface area contributed by atoms with E-state index in [2.05, 4.69) is 0 Å². The number of carbonyl (C=O) groups is 2. The Bertz CT molecular complexity index is 597. The van der Waals surface area contributed by atoms with Gasteiger partial charge >= 0.3 is 0 Å². The van der Waals surface area contributed by atoms with Gasteiger partial charge in [-0.25, -0.2) is 0 Å². The number of rotatable bonds is 0. The van der Waals surface area contributed by atoms with Crippen LogP contribution < -0.4 is 0 Å². The summed E-state index contributed by atoms with van der Waals surface area (Å²) in [4.78, 5) is 26.1. The molecule has 0 radical (unpaired) electrons. The Hall–Kier alpha value is -1.55. The van der Waals surface area contributed by atoms with Gasteiger partial charge in [0.15, 0.2) is 5.78 Å². The molecule has 1 unspecified atom stereocenters. The summed E-state index contributed by atoms with van der Waals surface area (Å²) in [6.07, 6.45) is 1.46. The van der Waals surface area contributed by atoms with E-state index in [1.54, 1.807) is 18.0 Å². The van der Waals surface area contributed by atoms with Crippen LogP contribution in [0.3, 0.4) is 0 Å². The lowest BCUT2D eigenvalue weighted by Crippen LogP contribution is -2.33. The van der Waals surface area contributed by atoms with Crippen molar-refractivity contribution in [3.05, 3.63) is 27.8 Å². The molecule has 0 saturated heterocycles. The monoisotopic (exact) mass is 279 g/mol. The van der Waals surface area contributed by atoms with Crippen LogP contribution in [0, 0.1) is 0 Å². The fourth-order valence-corrected chi connectivity index (χ4v) is 3.28. The number of benzene rings is 1. The Morgan fingerprint density at radius 3 is 2.84 bits per heavy atom. The number of carbonyl (C=O) groups excluding carboxylic acids is 2. The van der Waals surface area contributed by atoms with E-state index in [4.69, 9.17) is 11.6 Å². The second kappa shape index (κ2) is 4.23. The zero-order valence-electron chi connectivity index (χ0n) is 10.6. The van der Waals surface area contributed by atoms with Crippen LogP contribution in [0.1, 0.15) is 40.2 Å². The zero-order valence-corrected chi connectivity index (χ0v) is 11.3. The van der Waals surface area contributed by atoms with E-state index in [0.717, 1.165) is 5.56 Å². The average Bonchev–Trinajstić information content (AvgIpc) is 2.50. The molecule has 5 heteroatoms. The van der Waals surface area contributed by atoms with E-state index in [1.807, 2.05) is 0 Å². The SMILES string of the molecule is CN1CCc2cc(Cl)c(O)c3c2C(CCC3=O)C1=O. The maximum atomic E-state index is 12.3. The van der Waals surface area contributed by atoms with Crippen LogP contribution in [0.25, 0.3) is 0 Å². The molecule has 100 valence electrons. The van der Waals surface area contributed by atoms with Crippen LogP contribution in [-0.2, 0) is 11.2 Å². The molecular weight excluding hydrogens is 266 g/mol. The standard InChI is InChI=1S/C14H14ClNO3/c1-16-5-4-7-6-9(15)13(18)12-10(17)3-2-8(11(7)12)14(16)19/h6,8,18H,2-5H2,1H3. The summed E-state index contributed by atoms with van der Waals surface area (Å²) in [7, 11) is 1.77. The number of hydrogen-bond acceptors (Lipinski definition) is 3. The van der Waals surface area contributed by atoms with Crippen LogP contribution in [-0.4, -0.2) is 35.3 Å². The molecule has 0 aromatic heterocycles. The lowest BCUT2D eigenvalue weighted by Gasteiger charge is -2.26. The highest BCUT2D eigenvalue weighted by atomic mass is 35.5. The van der Waals surface area contributed by atoms with Gasteiger partial charge in [0.1, 0.15) is 5.75 Å². The predicted octanol–water partition coefficient (Wildman–Crippen LogP) is 2.12. The molecule has 1 N–H and O–H groups in total. The van der Waals surface area contributed by atoms with Crippen molar-refractivity contribution >= 4 is 23.3 Å². The molecule has 1 aliphatic heterocycles. The number of ketones is 1. The van der Waals surface area contributed by atoms with Crippen molar-refractivity contribution in [1.29, 1.82) is 0 Å². The minimum Gasteiger partial charge on any atom is -0.506 e. The van der Waals surface area contributed by atoms with Gasteiger partial charge in [0.2, 0.25) is 5.91 Å². The van der Waals surface area contributed by atoms with Crippen LogP contribution in [0.4, 0.5) is 0 Å². The van der Waals surface area contributed by atoms with Gasteiger partial charge in [-0.3, -0.25) is 9.59 Å². The molecule has 3 rings (SSSR count). The molecule has 19 heavy (non-hydrogen) atoms. The number of halogens is 1. The fraction of sp³-hybridized carbons (Fsp3) is 0.429. The van der Waals surface area contributed by atoms with Crippen LogP contribution in [0.2, 0.25) is 5.02 Å². The predicted molar refractivity (Wildman–Crippen MR) is 70.8 cm³/mol. The summed E-state index contributed by atoms with van der Waals surface area (Å²) in [6, 6.07) is 1.69. The Morgan fingerprint density at radius 2 is 2.11 bits per heavy atom. The molecule has 0 saturated carbocycles. The minimum absolute atomic E-state index is 0.0224. The molecule has 0 bridgehead atoms. The normalized spacial score (nSPS) is 22.2. The van der Waals surface area contributed by atoms with E-state index in [0.29, 0.717) is 24.9 Å². The van der Waals surface area contributed by atoms with Gasteiger partial charge in [-0.1, -0.05) is 11.6 Å². The number of phenolic OH excluding ortho intramolecular Hbond substituents is 1. The molecule has 1 heterocycles. The lowest BCUT2D eigenvalue weighted by molar-refractivity contribution is -0.131. The maximum Gasteiger partial charge on any atom is 0.229 e. The van der Waals surface area contributed by atoms with Crippen molar-refractivity contribution in [1.82, 2.24) is 4.90 Å². The third kappa shape index (κ3) is 1.74. The number of amides is 1. The third-order valence-corrected chi connectivity index (χ3v) is 4.35. The summed E-state index contributed by atoms with van der Waals surface area (Å²) < 4.78 is 0. The summed E-state index contributed by atoms with van der Waals surface area (Å²) >= 11 is 5.99. The van der Waals surface area contributed by atoms with Crippen molar-refractivity contribution in [2.24, 2.45) is 0 Å². The van der Waals surface area contributed by atoms with Gasteiger partial charge in [-0.15, -0.1) is 0 Å². The van der Waals surface area contributed by atoms with Gasteiger partial charge in [0, 0.05) is 20.0 Å². The third-order valence-electron chi connectivity index (χ3n) is 4.06. The highest BCUT2D eigenvalue weighted by Gasteiger charge is 2.38. The molecule has 2 aliphatic rings. The number of Topliss-reactive ketones (excluding diaryl/α,β-unsaturated/α-hetero) is 1. The zero-order chi connectivity index (χ0) is 13.7. The summed E-state index contributed by atoms with van der Waals surface area (Å²) in [5, 5.41) is 10.2. The van der Waals surface area contributed by atoms with Crippen LogP contribution in [0.5, 0.6) is 5.75 Å². The van der Waals surface area contributed by atoms with Gasteiger partial charge in [-0.2, -0.15) is 0 Å². The van der Waals surface area contributed by atoms with Gasteiger partial charge in [-0.05, 0) is 30.0 Å². The van der Waals surface area contributed by atoms with E-state index in [1.165, 1.54) is 0 Å². The van der Waals surface area contributed by atoms with Crippen molar-refractivity contribution in [3.63, 3.8) is 0 Å². The first-order valence-electron chi connectivity index (χ1n) is 6.33. The van der Waals surface area contributed by atoms with Crippen molar-refractivity contribution in [2.45, 2.75) is 25.2 Å². The Balaban J connectivity index is 2.30. The first-order chi connectivity index (χ1) is 9.00. The quantitative estimate of drug-likeness (QED) is 0.791. The van der Waals surface area contributed by atoms with Crippen LogP contribution >= 0.6 is 11.6 Å². The number of phenols is 1. The minimum atomic E-state index is -0.321. The second-order valence-electron chi connectivity index (χ2n) is 5.18. The van der Waals surface area contributed by atoms with E-state index >= 15 is 0 Å². The number of likely N-dealkylation sites (N-methyl/N-ethyl adjacent to an activating group) is 1. The molecule has 1 aliphatic carbocycles. The smallest absolute Gasteiger partial charge is 0.229 e. The second-order valence-corrected chi connectivity index (χ2v) is 5.59. The van der Waals surface area contributed by atoms with Gasteiger partial charge < -0.3 is 10.0 Å². The van der Waals surface area contributed by atoms with Crippen molar-refractivity contribution in [2.75, 3.05) is 13.6 Å². The first kappa shape index (κ1) is 12.5. The number of nitrogens with zero attached hydrogens (tertiary/aromatic N) is 1. The average molecular weight is 280 g/mol. The molecular formula is C14H14ClNO3. The Morgan fingerprint density at radius 1 is 1.37 bits per heavy atom. The highest BCUT2D eigenvalue weighted by molar-refractivity contribution is 6.33. The molecule has 4 nitrogen and oxygen atoms in total. The largest absolute Gasteiger partial charge is 0.506 e. The topological polar surface area (TPSA) is 57.6 Å². The Labute approximate surface area is 116 Å². The van der Waals surface area contributed by atoms with Gasteiger partial charge in [0.25, 0.3) is 0 Å². The van der Waals surface area contributed by atoms with E-state index in [9.17, 15) is 14.7 Å². The first-order valence-corrected chi connectivity index (χ1v) is 6.71. The molecule has 1 aromatic carbocycles. The Kier molecular flexibility index (Phi) is 2.78. The van der Waals surface area contributed by atoms with Gasteiger partial charge in [0.05, 0.1) is 16.5 Å². The molecule has 0 fully saturated rings. The molecule has 1 aromatic rings. The van der Waals surface area contributed by atoms with E-state index in [-0.39, 0.29) is 40.4 Å². The van der Waals surface area contributed by atoms with E-state index < -0.39 is 0 Å². The molecule has 1 amide bonds. The highest BCUT2D eigenvalue weighted by Crippen LogP contribution is 2.44. The fourth-order valence-electron chi connectivity index (χ4n) is 3.05. The maximum absolute atomic E-state index is 12.3. The lowest BCUT2D eigenvalue weighted by atomic mass is 9.78. The van der Waals surface area contributed by atoms with Crippen molar-refractivity contribution in [3.8, 4) is 5.75 Å². The summed E-state index contributed by atoms with van der Waals surface area (Å²) in [5.41, 5.74) is 1.88. The molecule has 1 atom stereocenters. The summed E-state index contributed by atoms with van der Waals surface area (Å²) in [5.74, 6) is -0.593. The number of aromatic hydroxyl groups is 1. The van der Waals surface area contributed by atoms with Crippen molar-refractivity contribution < 1.29 is 14.7 Å². The van der Waals surface area contributed by atoms with Crippen LogP contribution in [0.15, 0.2) is 6.07 Å². The summed E-state index contributed by atoms with van der Waals surface area (Å²) in [6.45, 7) is 0.608. The number of hydrogen-bond donors (Lipinski definition) is 1. The molecule has 0 spiro atoms.